The molecular weight excluding hydrogens is 372 g/mol. The van der Waals surface area contributed by atoms with Gasteiger partial charge in [0.05, 0.1) is 7.11 Å². The van der Waals surface area contributed by atoms with Crippen LogP contribution in [0.4, 0.5) is 0 Å². The summed E-state index contributed by atoms with van der Waals surface area (Å²) in [5, 5.41) is 5.67. The lowest BCUT2D eigenvalue weighted by Gasteiger charge is -2.17. The van der Waals surface area contributed by atoms with Crippen molar-refractivity contribution < 1.29 is 14.8 Å². The monoisotopic (exact) mass is 395 g/mol. The maximum atomic E-state index is 12.4. The number of quaternary nitrogens is 1. The Labute approximate surface area is 170 Å². The van der Waals surface area contributed by atoms with Crippen LogP contribution in [-0.4, -0.2) is 19.6 Å². The van der Waals surface area contributed by atoms with E-state index in [1.165, 1.54) is 0 Å². The summed E-state index contributed by atoms with van der Waals surface area (Å²) in [6.45, 7) is 0.790. The van der Waals surface area contributed by atoms with E-state index in [1.54, 1.807) is 7.11 Å². The third-order valence-electron chi connectivity index (χ3n) is 4.55. The molecule has 3 aromatic rings. The second kappa shape index (κ2) is 9.93. The standard InChI is InChI=1S/C23H23ClN2O2/c1-28-21-12-10-19(11-13-21)23(18-7-3-2-4-8-18)26-16-22(27)25-15-17-6-5-9-20(24)14-17/h2-14,23,26H,15-16H2,1H3,(H,25,27)/p+1/t23-/m1/s1. The van der Waals surface area contributed by atoms with Gasteiger partial charge in [-0.15, -0.1) is 0 Å². The first-order chi connectivity index (χ1) is 13.7. The number of ether oxygens (including phenoxy) is 1. The Bertz CT molecular complexity index is 898. The quantitative estimate of drug-likeness (QED) is 0.614. The van der Waals surface area contributed by atoms with E-state index in [0.29, 0.717) is 18.1 Å². The van der Waals surface area contributed by atoms with Gasteiger partial charge >= 0.3 is 0 Å². The van der Waals surface area contributed by atoms with E-state index < -0.39 is 0 Å². The number of halogens is 1. The summed E-state index contributed by atoms with van der Waals surface area (Å²) in [6.07, 6.45) is 0. The molecule has 0 unspecified atom stereocenters. The number of rotatable bonds is 8. The zero-order valence-electron chi connectivity index (χ0n) is 15.8. The van der Waals surface area contributed by atoms with Crippen molar-refractivity contribution in [1.29, 1.82) is 0 Å². The molecule has 0 aliphatic rings. The number of carbonyl (C=O) groups is 1. The lowest BCUT2D eigenvalue weighted by molar-refractivity contribution is -0.676. The Morgan fingerprint density at radius 2 is 1.71 bits per heavy atom. The Hall–Kier alpha value is -2.82. The van der Waals surface area contributed by atoms with E-state index in [2.05, 4.69) is 17.4 Å². The molecule has 1 amide bonds. The molecule has 144 valence electrons. The highest BCUT2D eigenvalue weighted by Crippen LogP contribution is 2.21. The van der Waals surface area contributed by atoms with E-state index >= 15 is 0 Å². The molecule has 0 aromatic heterocycles. The van der Waals surface area contributed by atoms with Crippen molar-refractivity contribution in [2.45, 2.75) is 12.6 Å². The van der Waals surface area contributed by atoms with Gasteiger partial charge in [-0.1, -0.05) is 54.1 Å². The van der Waals surface area contributed by atoms with Crippen LogP contribution in [-0.2, 0) is 11.3 Å². The molecule has 0 aliphatic carbocycles. The van der Waals surface area contributed by atoms with Crippen molar-refractivity contribution in [3.8, 4) is 5.75 Å². The van der Waals surface area contributed by atoms with Gasteiger partial charge in [-0.2, -0.15) is 0 Å². The van der Waals surface area contributed by atoms with Crippen LogP contribution in [0.3, 0.4) is 0 Å². The van der Waals surface area contributed by atoms with Crippen LogP contribution in [0, 0.1) is 0 Å². The first-order valence-corrected chi connectivity index (χ1v) is 9.57. The first-order valence-electron chi connectivity index (χ1n) is 9.19. The van der Waals surface area contributed by atoms with Crippen molar-refractivity contribution in [3.63, 3.8) is 0 Å². The van der Waals surface area contributed by atoms with Crippen molar-refractivity contribution in [2.24, 2.45) is 0 Å². The van der Waals surface area contributed by atoms with Crippen LogP contribution >= 0.6 is 11.6 Å². The van der Waals surface area contributed by atoms with Crippen molar-refractivity contribution in [1.82, 2.24) is 5.32 Å². The zero-order valence-corrected chi connectivity index (χ0v) is 16.5. The predicted molar refractivity (Wildman–Crippen MR) is 111 cm³/mol. The molecule has 4 nitrogen and oxygen atoms in total. The third kappa shape index (κ3) is 5.59. The largest absolute Gasteiger partial charge is 0.497 e. The highest BCUT2D eigenvalue weighted by molar-refractivity contribution is 6.30. The Morgan fingerprint density at radius 3 is 2.39 bits per heavy atom. The number of carbonyl (C=O) groups excluding carboxylic acids is 1. The summed E-state index contributed by atoms with van der Waals surface area (Å²) in [5.74, 6) is 0.796. The van der Waals surface area contributed by atoms with Crippen molar-refractivity contribution >= 4 is 17.5 Å². The van der Waals surface area contributed by atoms with Gasteiger partial charge in [0.15, 0.2) is 6.54 Å². The van der Waals surface area contributed by atoms with Crippen LogP contribution in [0.1, 0.15) is 22.7 Å². The minimum atomic E-state index is -0.0191. The lowest BCUT2D eigenvalue weighted by Crippen LogP contribution is -2.87. The summed E-state index contributed by atoms with van der Waals surface area (Å²) in [7, 11) is 1.65. The second-order valence-corrected chi connectivity index (χ2v) is 6.94. The minimum Gasteiger partial charge on any atom is -0.497 e. The molecular formula is C23H24ClN2O2+. The summed E-state index contributed by atoms with van der Waals surface area (Å²) in [5.41, 5.74) is 3.25. The van der Waals surface area contributed by atoms with Gasteiger partial charge in [-0.05, 0) is 42.0 Å². The average Bonchev–Trinajstić information content (AvgIpc) is 2.74. The topological polar surface area (TPSA) is 54.9 Å². The molecule has 0 bridgehead atoms. The van der Waals surface area contributed by atoms with Crippen LogP contribution in [0.25, 0.3) is 0 Å². The highest BCUT2D eigenvalue weighted by Gasteiger charge is 2.19. The highest BCUT2D eigenvalue weighted by atomic mass is 35.5. The number of hydrogen-bond donors (Lipinski definition) is 2. The van der Waals surface area contributed by atoms with Crippen LogP contribution in [0.2, 0.25) is 5.02 Å². The van der Waals surface area contributed by atoms with Gasteiger partial charge in [0.2, 0.25) is 0 Å². The molecule has 3 N–H and O–H groups in total. The van der Waals surface area contributed by atoms with Gasteiger partial charge < -0.3 is 15.4 Å². The lowest BCUT2D eigenvalue weighted by atomic mass is 9.98. The number of hydrogen-bond acceptors (Lipinski definition) is 2. The molecule has 0 heterocycles. The van der Waals surface area contributed by atoms with Gasteiger partial charge in [-0.3, -0.25) is 4.79 Å². The number of methoxy groups -OCH3 is 1. The summed E-state index contributed by atoms with van der Waals surface area (Å²) in [4.78, 5) is 12.4. The van der Waals surface area contributed by atoms with E-state index in [-0.39, 0.29) is 11.9 Å². The molecule has 5 heteroatoms. The Balaban J connectivity index is 1.65. The Morgan fingerprint density at radius 1 is 1.00 bits per heavy atom. The minimum absolute atomic E-state index is 0.0191. The molecule has 0 radical (unpaired) electrons. The number of benzene rings is 3. The molecule has 28 heavy (non-hydrogen) atoms. The van der Waals surface area contributed by atoms with Crippen LogP contribution in [0.5, 0.6) is 5.75 Å². The fourth-order valence-electron chi connectivity index (χ4n) is 3.08. The fraction of sp³-hybridized carbons (Fsp3) is 0.174. The van der Waals surface area contributed by atoms with E-state index in [0.717, 1.165) is 22.4 Å². The molecule has 1 atom stereocenters. The van der Waals surface area contributed by atoms with Gasteiger partial charge in [0, 0.05) is 22.7 Å². The third-order valence-corrected chi connectivity index (χ3v) is 4.79. The van der Waals surface area contributed by atoms with E-state index in [9.17, 15) is 4.79 Å². The Kier molecular flexibility index (Phi) is 7.06. The molecule has 0 aliphatic heterocycles. The van der Waals surface area contributed by atoms with E-state index in [1.807, 2.05) is 72.0 Å². The molecule has 3 aromatic carbocycles. The molecule has 0 saturated heterocycles. The zero-order chi connectivity index (χ0) is 19.8. The van der Waals surface area contributed by atoms with Gasteiger partial charge in [-0.25, -0.2) is 0 Å². The summed E-state index contributed by atoms with van der Waals surface area (Å²) >= 11 is 5.99. The molecule has 3 rings (SSSR count). The summed E-state index contributed by atoms with van der Waals surface area (Å²) in [6, 6.07) is 25.7. The number of amides is 1. The number of nitrogens with two attached hydrogens (primary N) is 1. The van der Waals surface area contributed by atoms with Crippen LogP contribution in [0.15, 0.2) is 78.9 Å². The van der Waals surface area contributed by atoms with E-state index in [4.69, 9.17) is 16.3 Å². The van der Waals surface area contributed by atoms with Crippen molar-refractivity contribution in [2.75, 3.05) is 13.7 Å². The van der Waals surface area contributed by atoms with Crippen LogP contribution < -0.4 is 15.4 Å². The fourth-order valence-corrected chi connectivity index (χ4v) is 3.29. The van der Waals surface area contributed by atoms with Gasteiger partial charge in [0.25, 0.3) is 5.91 Å². The average molecular weight is 396 g/mol. The predicted octanol–water partition coefficient (Wildman–Crippen LogP) is 3.32. The number of nitrogens with one attached hydrogen (secondary N) is 1. The SMILES string of the molecule is COc1ccc([C@H]([NH2+]CC(=O)NCc2cccc(Cl)c2)c2ccccc2)cc1. The molecule has 0 spiro atoms. The maximum absolute atomic E-state index is 12.4. The molecule has 0 saturated carbocycles. The van der Waals surface area contributed by atoms with Gasteiger partial charge in [0.1, 0.15) is 11.8 Å². The maximum Gasteiger partial charge on any atom is 0.275 e. The van der Waals surface area contributed by atoms with Crippen molar-refractivity contribution in [3.05, 3.63) is 101 Å². The molecule has 0 fully saturated rings. The normalized spacial score (nSPS) is 11.6. The first kappa shape index (κ1) is 19.9. The second-order valence-electron chi connectivity index (χ2n) is 6.51. The smallest absolute Gasteiger partial charge is 0.275 e. The summed E-state index contributed by atoms with van der Waals surface area (Å²) < 4.78 is 5.25.